The van der Waals surface area contributed by atoms with Gasteiger partial charge in [-0.3, -0.25) is 9.59 Å². The second-order valence-electron chi connectivity index (χ2n) is 6.06. The number of thioether (sulfide) groups is 1. The number of Topliss-reactive ketones (excluding diaryl/α,β-unsaturated/α-hetero) is 1. The van der Waals surface area contributed by atoms with Crippen molar-refractivity contribution in [3.63, 3.8) is 0 Å². The fourth-order valence-corrected chi connectivity index (χ4v) is 4.00. The molecule has 0 N–H and O–H groups in total. The number of aryl methyl sites for hydroxylation is 1. The zero-order valence-corrected chi connectivity index (χ0v) is 16.8. The number of benzene rings is 1. The van der Waals surface area contributed by atoms with Crippen LogP contribution in [0.4, 0.5) is 0 Å². The molecule has 1 atom stereocenters. The average Bonchev–Trinajstić information content (AvgIpc) is 2.67. The van der Waals surface area contributed by atoms with E-state index in [9.17, 15) is 14.9 Å². The van der Waals surface area contributed by atoms with Crippen LogP contribution in [0.15, 0.2) is 41.4 Å². The van der Waals surface area contributed by atoms with E-state index in [0.717, 1.165) is 5.56 Å². The van der Waals surface area contributed by atoms with Crippen LogP contribution in [-0.4, -0.2) is 34.7 Å². The number of likely N-dealkylation sites (N-methyl/N-ethyl adjacent to an activating group) is 1. The summed E-state index contributed by atoms with van der Waals surface area (Å²) in [6, 6.07) is 13.2. The monoisotopic (exact) mass is 381 g/mol. The van der Waals surface area contributed by atoms with Crippen molar-refractivity contribution >= 4 is 23.5 Å². The van der Waals surface area contributed by atoms with Gasteiger partial charge >= 0.3 is 0 Å². The first-order valence-corrected chi connectivity index (χ1v) is 9.73. The minimum Gasteiger partial charge on any atom is -0.342 e. The molecule has 1 heterocycles. The van der Waals surface area contributed by atoms with Crippen LogP contribution < -0.4 is 0 Å². The van der Waals surface area contributed by atoms with Crippen LogP contribution >= 0.6 is 11.8 Å². The Hall–Kier alpha value is -2.65. The lowest BCUT2D eigenvalue weighted by atomic mass is 10.1. The number of carbonyl (C=O) groups is 2. The number of amides is 1. The maximum absolute atomic E-state index is 13.1. The predicted molar refractivity (Wildman–Crippen MR) is 107 cm³/mol. The molecule has 140 valence electrons. The minimum absolute atomic E-state index is 0.0183. The summed E-state index contributed by atoms with van der Waals surface area (Å²) in [5.41, 5.74) is 2.16. The van der Waals surface area contributed by atoms with Gasteiger partial charge in [0.2, 0.25) is 5.91 Å². The molecule has 0 saturated carbocycles. The van der Waals surface area contributed by atoms with Crippen LogP contribution in [0.5, 0.6) is 0 Å². The zero-order valence-electron chi connectivity index (χ0n) is 16.0. The molecule has 0 unspecified atom stereocenters. The van der Waals surface area contributed by atoms with Crippen molar-refractivity contribution in [2.75, 3.05) is 13.1 Å². The highest BCUT2D eigenvalue weighted by atomic mass is 32.2. The molecule has 1 aromatic carbocycles. The number of aromatic nitrogens is 1. The van der Waals surface area contributed by atoms with Crippen LogP contribution in [0.2, 0.25) is 0 Å². The fourth-order valence-electron chi connectivity index (χ4n) is 2.81. The molecule has 0 aliphatic rings. The fraction of sp³-hybridized carbons (Fsp3) is 0.333. The van der Waals surface area contributed by atoms with Crippen molar-refractivity contribution in [1.82, 2.24) is 9.88 Å². The Morgan fingerprint density at radius 3 is 2.37 bits per heavy atom. The number of hydrogen-bond donors (Lipinski definition) is 0. The standard InChI is InChI=1S/C21H23N3O2S/c1-5-24(6-2)21(26)19(16-10-8-7-9-11-16)27-20-17(13-22)12-18(15(4)25)14(3)23-20/h7-12,19H,5-6H2,1-4H3/t19-/m0/s1. The van der Waals surface area contributed by atoms with Crippen molar-refractivity contribution in [1.29, 1.82) is 5.26 Å². The molecular formula is C21H23N3O2S. The van der Waals surface area contributed by atoms with E-state index in [4.69, 9.17) is 0 Å². The number of rotatable bonds is 7. The third-order valence-corrected chi connectivity index (χ3v) is 5.55. The van der Waals surface area contributed by atoms with E-state index < -0.39 is 5.25 Å². The van der Waals surface area contributed by atoms with Gasteiger partial charge in [0.25, 0.3) is 0 Å². The Morgan fingerprint density at radius 1 is 1.22 bits per heavy atom. The van der Waals surface area contributed by atoms with Gasteiger partial charge in [-0.1, -0.05) is 42.1 Å². The molecule has 0 radical (unpaired) electrons. The van der Waals surface area contributed by atoms with E-state index in [1.165, 1.54) is 18.7 Å². The van der Waals surface area contributed by atoms with E-state index >= 15 is 0 Å². The summed E-state index contributed by atoms with van der Waals surface area (Å²) < 4.78 is 0. The second-order valence-corrected chi connectivity index (χ2v) is 7.15. The molecular weight excluding hydrogens is 358 g/mol. The number of pyridine rings is 1. The Morgan fingerprint density at radius 2 is 1.85 bits per heavy atom. The minimum atomic E-state index is -0.506. The number of nitriles is 1. The van der Waals surface area contributed by atoms with Gasteiger partial charge in [0.1, 0.15) is 16.3 Å². The molecule has 1 amide bonds. The molecule has 0 saturated heterocycles. The Kier molecular flexibility index (Phi) is 7.14. The van der Waals surface area contributed by atoms with Crippen molar-refractivity contribution in [3.8, 4) is 6.07 Å². The number of hydrogen-bond acceptors (Lipinski definition) is 5. The molecule has 27 heavy (non-hydrogen) atoms. The molecule has 0 bridgehead atoms. The molecule has 6 heteroatoms. The van der Waals surface area contributed by atoms with Crippen LogP contribution in [0.25, 0.3) is 0 Å². The SMILES string of the molecule is CCN(CC)C(=O)[C@@H](Sc1nc(C)c(C(C)=O)cc1C#N)c1ccccc1. The Labute approximate surface area is 164 Å². The third-order valence-electron chi connectivity index (χ3n) is 4.31. The van der Waals surface area contributed by atoms with Gasteiger partial charge in [0.15, 0.2) is 5.78 Å². The van der Waals surface area contributed by atoms with Gasteiger partial charge in [0.05, 0.1) is 5.56 Å². The van der Waals surface area contributed by atoms with Gasteiger partial charge in [-0.2, -0.15) is 5.26 Å². The van der Waals surface area contributed by atoms with E-state index in [2.05, 4.69) is 11.1 Å². The van der Waals surface area contributed by atoms with Crippen LogP contribution in [0.3, 0.4) is 0 Å². The van der Waals surface area contributed by atoms with Crippen molar-refractivity contribution in [3.05, 3.63) is 58.8 Å². The lowest BCUT2D eigenvalue weighted by molar-refractivity contribution is -0.130. The summed E-state index contributed by atoms with van der Waals surface area (Å²) in [6.45, 7) is 8.30. The number of nitrogens with zero attached hydrogens (tertiary/aromatic N) is 3. The predicted octanol–water partition coefficient (Wildman–Crippen LogP) is 4.17. The van der Waals surface area contributed by atoms with Gasteiger partial charge < -0.3 is 4.90 Å². The van der Waals surface area contributed by atoms with E-state index in [1.54, 1.807) is 17.9 Å². The first kappa shape index (κ1) is 20.7. The summed E-state index contributed by atoms with van der Waals surface area (Å²) in [5, 5.41) is 9.49. The topological polar surface area (TPSA) is 74.1 Å². The first-order valence-electron chi connectivity index (χ1n) is 8.85. The first-order chi connectivity index (χ1) is 12.9. The molecule has 0 aliphatic carbocycles. The van der Waals surface area contributed by atoms with Gasteiger partial charge in [-0.15, -0.1) is 0 Å². The van der Waals surface area contributed by atoms with Gasteiger partial charge in [-0.05, 0) is 39.3 Å². The smallest absolute Gasteiger partial charge is 0.240 e. The Bertz CT molecular complexity index is 871. The summed E-state index contributed by atoms with van der Waals surface area (Å²) in [7, 11) is 0. The summed E-state index contributed by atoms with van der Waals surface area (Å²) >= 11 is 1.26. The molecule has 2 rings (SSSR count). The average molecular weight is 382 g/mol. The third kappa shape index (κ3) is 4.75. The highest BCUT2D eigenvalue weighted by Gasteiger charge is 2.27. The highest BCUT2D eigenvalue weighted by molar-refractivity contribution is 8.00. The van der Waals surface area contributed by atoms with Crippen molar-refractivity contribution in [2.45, 2.75) is 38.0 Å². The van der Waals surface area contributed by atoms with Crippen LogP contribution in [0, 0.1) is 18.3 Å². The molecule has 5 nitrogen and oxygen atoms in total. The largest absolute Gasteiger partial charge is 0.342 e. The van der Waals surface area contributed by atoms with Crippen LogP contribution in [-0.2, 0) is 4.79 Å². The maximum Gasteiger partial charge on any atom is 0.240 e. The van der Waals surface area contributed by atoms with E-state index in [-0.39, 0.29) is 11.7 Å². The van der Waals surface area contributed by atoms with Crippen molar-refractivity contribution in [2.24, 2.45) is 0 Å². The summed E-state index contributed by atoms with van der Waals surface area (Å²) in [6.07, 6.45) is 0. The Balaban J connectivity index is 2.50. The second kappa shape index (κ2) is 9.33. The zero-order chi connectivity index (χ0) is 20.0. The normalized spacial score (nSPS) is 11.5. The van der Waals surface area contributed by atoms with Crippen molar-refractivity contribution < 1.29 is 9.59 Å². The number of ketones is 1. The molecule has 1 aromatic heterocycles. The maximum atomic E-state index is 13.1. The van der Waals surface area contributed by atoms with Crippen LogP contribution in [0.1, 0.15) is 53.2 Å². The van der Waals surface area contributed by atoms with Gasteiger partial charge in [-0.25, -0.2) is 4.98 Å². The lowest BCUT2D eigenvalue weighted by Gasteiger charge is -2.25. The highest BCUT2D eigenvalue weighted by Crippen LogP contribution is 2.38. The summed E-state index contributed by atoms with van der Waals surface area (Å²) in [4.78, 5) is 31.1. The van der Waals surface area contributed by atoms with E-state index in [1.807, 2.05) is 44.2 Å². The summed E-state index contributed by atoms with van der Waals surface area (Å²) in [5.74, 6) is -0.151. The quantitative estimate of drug-likeness (QED) is 0.532. The van der Waals surface area contributed by atoms with E-state index in [0.29, 0.717) is 34.9 Å². The molecule has 0 aliphatic heterocycles. The van der Waals surface area contributed by atoms with Gasteiger partial charge in [0, 0.05) is 24.3 Å². The number of carbonyl (C=O) groups excluding carboxylic acids is 2. The molecule has 2 aromatic rings. The molecule has 0 fully saturated rings. The molecule has 0 spiro atoms. The lowest BCUT2D eigenvalue weighted by Crippen LogP contribution is -2.34.